The van der Waals surface area contributed by atoms with Gasteiger partial charge < -0.3 is 17.6 Å². The van der Waals surface area contributed by atoms with E-state index in [4.69, 9.17) is 0 Å². The molecule has 0 fully saturated rings. The monoisotopic (exact) mass is 436 g/mol. The minimum Gasteiger partial charge on any atom is -0.393 e. The Morgan fingerprint density at radius 1 is 1.03 bits per heavy atom. The zero-order chi connectivity index (χ0) is 22.2. The van der Waals surface area contributed by atoms with Crippen LogP contribution in [0.1, 0.15) is 62.2 Å². The summed E-state index contributed by atoms with van der Waals surface area (Å²) in [6, 6.07) is 8.28. The normalized spacial score (nSPS) is 17.8. The molecule has 0 radical (unpaired) electrons. The minimum atomic E-state index is -3.97. The van der Waals surface area contributed by atoms with Gasteiger partial charge in [0, 0.05) is 44.8 Å². The van der Waals surface area contributed by atoms with E-state index in [1.807, 2.05) is 39.8 Å². The third-order valence-electron chi connectivity index (χ3n) is 7.25. The lowest BCUT2D eigenvalue weighted by molar-refractivity contribution is -0.363. The van der Waals surface area contributed by atoms with Crippen LogP contribution in [-0.4, -0.2) is 21.6 Å². The first-order valence-corrected chi connectivity index (χ1v) is 11.9. The summed E-state index contributed by atoms with van der Waals surface area (Å²) in [4.78, 5) is 0. The van der Waals surface area contributed by atoms with Crippen molar-refractivity contribution >= 4 is 39.7 Å². The first-order valence-electron chi connectivity index (χ1n) is 11.0. The highest BCUT2D eigenvalue weighted by Gasteiger charge is 2.56. The van der Waals surface area contributed by atoms with Crippen LogP contribution in [0.3, 0.4) is 0 Å². The zero-order valence-corrected chi connectivity index (χ0v) is 19.8. The Hall–Kier alpha value is -2.47. The second-order valence-electron chi connectivity index (χ2n) is 8.63. The summed E-state index contributed by atoms with van der Waals surface area (Å²) in [6.45, 7) is 7.87. The SMILES string of the molecule is CCC1=C(C)C2=C(c3csc4ccccc34)c3c(C)c(CC)c(C)n3[B-](F)(F)[N+]2=C1C. The van der Waals surface area contributed by atoms with Gasteiger partial charge in [-0.3, -0.25) is 0 Å². The van der Waals surface area contributed by atoms with Gasteiger partial charge >= 0.3 is 6.97 Å². The van der Waals surface area contributed by atoms with Gasteiger partial charge in [0.05, 0.1) is 5.57 Å². The van der Waals surface area contributed by atoms with Crippen molar-refractivity contribution in [3.05, 3.63) is 74.6 Å². The molecule has 3 aromatic rings. The second-order valence-corrected chi connectivity index (χ2v) is 9.54. The maximum Gasteiger partial charge on any atom is 0.737 e. The lowest BCUT2D eigenvalue weighted by Gasteiger charge is -2.34. The van der Waals surface area contributed by atoms with E-state index in [0.717, 1.165) is 51.6 Å². The number of allylic oxidation sites excluding steroid dienone is 2. The fourth-order valence-electron chi connectivity index (χ4n) is 5.90. The highest BCUT2D eigenvalue weighted by molar-refractivity contribution is 7.17. The largest absolute Gasteiger partial charge is 0.737 e. The van der Waals surface area contributed by atoms with Gasteiger partial charge in [-0.1, -0.05) is 32.0 Å². The molecular formula is C25H27BF2N2S. The van der Waals surface area contributed by atoms with Gasteiger partial charge in [-0.2, -0.15) is 0 Å². The van der Waals surface area contributed by atoms with Crippen LogP contribution in [0, 0.1) is 13.8 Å². The highest BCUT2D eigenvalue weighted by atomic mass is 32.1. The predicted octanol–water partition coefficient (Wildman–Crippen LogP) is 7.09. The minimum absolute atomic E-state index is 0.687. The summed E-state index contributed by atoms with van der Waals surface area (Å²) in [5.74, 6) is 0. The number of nitrogens with zero attached hydrogens (tertiary/aromatic N) is 2. The van der Waals surface area contributed by atoms with Gasteiger partial charge in [0.1, 0.15) is 5.71 Å². The third kappa shape index (κ3) is 2.45. The number of benzene rings is 1. The molecule has 2 aliphatic heterocycles. The number of thiophene rings is 1. The molecule has 0 atom stereocenters. The van der Waals surface area contributed by atoms with Crippen LogP contribution >= 0.6 is 11.3 Å². The van der Waals surface area contributed by atoms with Crippen LogP contribution in [0.5, 0.6) is 0 Å². The molecule has 0 aliphatic carbocycles. The molecule has 0 amide bonds. The van der Waals surface area contributed by atoms with Gasteiger partial charge in [0.25, 0.3) is 0 Å². The van der Waals surface area contributed by atoms with E-state index in [-0.39, 0.29) is 0 Å². The van der Waals surface area contributed by atoms with Gasteiger partial charge in [-0.05, 0) is 56.5 Å². The molecule has 2 nitrogen and oxygen atoms in total. The van der Waals surface area contributed by atoms with Crippen molar-refractivity contribution in [3.8, 4) is 0 Å². The maximum atomic E-state index is 16.3. The van der Waals surface area contributed by atoms with Crippen molar-refractivity contribution in [2.75, 3.05) is 0 Å². The molecule has 31 heavy (non-hydrogen) atoms. The number of hydrogen-bond donors (Lipinski definition) is 0. The Labute approximate surface area is 186 Å². The molecule has 0 saturated carbocycles. The molecule has 160 valence electrons. The number of halogens is 2. The molecule has 0 N–H and O–H groups in total. The van der Waals surface area contributed by atoms with E-state index in [1.165, 1.54) is 13.7 Å². The van der Waals surface area contributed by atoms with Crippen LogP contribution in [-0.2, 0) is 6.42 Å². The van der Waals surface area contributed by atoms with Crippen molar-refractivity contribution in [1.82, 2.24) is 4.48 Å². The molecule has 2 aliphatic rings. The maximum absolute atomic E-state index is 16.3. The van der Waals surface area contributed by atoms with Gasteiger partial charge in [-0.15, -0.1) is 11.3 Å². The molecule has 0 spiro atoms. The summed E-state index contributed by atoms with van der Waals surface area (Å²) in [5.41, 5.74) is 8.79. The van der Waals surface area contributed by atoms with Crippen molar-refractivity contribution in [2.45, 2.75) is 54.4 Å². The van der Waals surface area contributed by atoms with Crippen LogP contribution < -0.4 is 0 Å². The first-order chi connectivity index (χ1) is 14.8. The standard InChI is InChI=1S/C25H27BF2N2S/c1-7-18-14(3)24-23(21-13-31-22-12-10-9-11-20(21)22)25-15(4)19(8-2)17(6)30(25)26(27,28)29(24)16(18)5/h9-13H,7-8H2,1-6H3. The van der Waals surface area contributed by atoms with Crippen molar-refractivity contribution in [1.29, 1.82) is 0 Å². The van der Waals surface area contributed by atoms with Crippen LogP contribution in [0.25, 0.3) is 15.7 Å². The summed E-state index contributed by atoms with van der Waals surface area (Å²) >= 11 is 1.68. The Morgan fingerprint density at radius 3 is 2.42 bits per heavy atom. The Kier molecular flexibility index (Phi) is 4.46. The van der Waals surface area contributed by atoms with E-state index < -0.39 is 6.97 Å². The third-order valence-corrected chi connectivity index (χ3v) is 8.21. The average Bonchev–Trinajstić information content (AvgIpc) is 3.35. The number of rotatable bonds is 3. The van der Waals surface area contributed by atoms with Crippen LogP contribution in [0.2, 0.25) is 0 Å². The Balaban J connectivity index is 2.02. The number of hydrogen-bond acceptors (Lipinski definition) is 1. The molecule has 0 saturated heterocycles. The van der Waals surface area contributed by atoms with Gasteiger partial charge in [-0.25, -0.2) is 0 Å². The van der Waals surface area contributed by atoms with E-state index in [1.54, 1.807) is 11.3 Å². The van der Waals surface area contributed by atoms with Gasteiger partial charge in [0.2, 0.25) is 0 Å². The molecule has 6 heteroatoms. The van der Waals surface area contributed by atoms with E-state index in [9.17, 15) is 0 Å². The van der Waals surface area contributed by atoms with E-state index in [2.05, 4.69) is 31.4 Å². The summed E-state index contributed by atoms with van der Waals surface area (Å²) in [6.07, 6.45) is 1.49. The summed E-state index contributed by atoms with van der Waals surface area (Å²) in [5, 5.41) is 3.28. The lowest BCUT2D eigenvalue weighted by Crippen LogP contribution is -2.51. The fourth-order valence-corrected chi connectivity index (χ4v) is 6.86. The predicted molar refractivity (Wildman–Crippen MR) is 128 cm³/mol. The molecular weight excluding hydrogens is 409 g/mol. The summed E-state index contributed by atoms with van der Waals surface area (Å²) < 4.78 is 36.4. The molecule has 1 aromatic carbocycles. The van der Waals surface area contributed by atoms with E-state index in [0.29, 0.717) is 22.8 Å². The van der Waals surface area contributed by atoms with Crippen molar-refractivity contribution in [3.63, 3.8) is 0 Å². The van der Waals surface area contributed by atoms with Crippen LogP contribution in [0.4, 0.5) is 8.63 Å². The molecule has 2 aromatic heterocycles. The topological polar surface area (TPSA) is 7.94 Å². The smallest absolute Gasteiger partial charge is 0.393 e. The molecule has 5 rings (SSSR count). The molecule has 0 unspecified atom stereocenters. The summed E-state index contributed by atoms with van der Waals surface area (Å²) in [7, 11) is 0. The van der Waals surface area contributed by atoms with Gasteiger partial charge in [0.15, 0.2) is 5.70 Å². The zero-order valence-electron chi connectivity index (χ0n) is 18.9. The van der Waals surface area contributed by atoms with Crippen molar-refractivity contribution in [2.24, 2.45) is 0 Å². The van der Waals surface area contributed by atoms with Crippen molar-refractivity contribution < 1.29 is 13.1 Å². The Morgan fingerprint density at radius 2 is 1.74 bits per heavy atom. The number of fused-ring (bicyclic) bond motifs is 3. The first kappa shape index (κ1) is 20.4. The average molecular weight is 436 g/mol. The Bertz CT molecular complexity index is 1370. The quantitative estimate of drug-likeness (QED) is 0.387. The fraction of sp³-hybridized carbons (Fsp3) is 0.320. The highest BCUT2D eigenvalue weighted by Crippen LogP contribution is 2.48. The lowest BCUT2D eigenvalue weighted by atomic mass is 9.83. The molecule has 4 heterocycles. The second kappa shape index (κ2) is 6.76. The van der Waals surface area contributed by atoms with Crippen LogP contribution in [0.15, 0.2) is 46.5 Å². The van der Waals surface area contributed by atoms with E-state index >= 15 is 8.63 Å². The number of aromatic nitrogens is 1. The molecule has 0 bridgehead atoms.